The number of hydrogen-bond donors (Lipinski definition) is 2. The summed E-state index contributed by atoms with van der Waals surface area (Å²) in [5, 5.41) is 10.5. The summed E-state index contributed by atoms with van der Waals surface area (Å²) in [6.07, 6.45) is 3.48. The van der Waals surface area contributed by atoms with E-state index in [1.54, 1.807) is 24.3 Å². The first-order chi connectivity index (χ1) is 15.0. The van der Waals surface area contributed by atoms with Crippen molar-refractivity contribution < 1.29 is 14.6 Å². The number of aliphatic hydroxyl groups is 1. The van der Waals surface area contributed by atoms with Gasteiger partial charge in [0.05, 0.1) is 17.6 Å². The zero-order valence-corrected chi connectivity index (χ0v) is 18.7. The van der Waals surface area contributed by atoms with Crippen LogP contribution in [-0.2, 0) is 11.3 Å². The second-order valence-electron chi connectivity index (χ2n) is 7.45. The summed E-state index contributed by atoms with van der Waals surface area (Å²) in [6, 6.07) is 7.41. The topological polar surface area (TPSA) is 107 Å². The minimum absolute atomic E-state index is 0.210. The summed E-state index contributed by atoms with van der Waals surface area (Å²) in [6.45, 7) is 1.63. The van der Waals surface area contributed by atoms with Crippen molar-refractivity contribution in [1.29, 1.82) is 0 Å². The minimum Gasteiger partial charge on any atom is -0.497 e. The lowest BCUT2D eigenvalue weighted by Crippen LogP contribution is -2.31. The second-order valence-corrected chi connectivity index (χ2v) is 8.87. The van der Waals surface area contributed by atoms with E-state index in [9.17, 15) is 4.79 Å². The normalized spacial score (nSPS) is 16.2. The zero-order valence-electron chi connectivity index (χ0n) is 17.1. The van der Waals surface area contributed by atoms with E-state index in [4.69, 9.17) is 32.2 Å². The van der Waals surface area contributed by atoms with Gasteiger partial charge in [-0.15, -0.1) is 0 Å². The van der Waals surface area contributed by atoms with Crippen LogP contribution in [0.15, 0.2) is 40.5 Å². The standard InChI is InChI=1S/C21H24ClN5O3S/c1-30-14-2-3-15(22)17(10-14)31-21-25-19-16(4-7-24-20(19)23)27(21)9-6-13-5-8-26(11-13)18(29)12-28/h2-4,7,10,13,28H,5-6,8-9,11-12H2,1H3,(H2,23,24). The van der Waals surface area contributed by atoms with E-state index in [2.05, 4.69) is 9.55 Å². The van der Waals surface area contributed by atoms with Crippen molar-refractivity contribution >= 4 is 46.1 Å². The summed E-state index contributed by atoms with van der Waals surface area (Å²) < 4.78 is 7.46. The Labute approximate surface area is 189 Å². The first-order valence-corrected chi connectivity index (χ1v) is 11.2. The Balaban J connectivity index is 1.60. The number of hydrogen-bond acceptors (Lipinski definition) is 7. The predicted molar refractivity (Wildman–Crippen MR) is 120 cm³/mol. The van der Waals surface area contributed by atoms with E-state index in [0.717, 1.165) is 40.7 Å². The first kappa shape index (κ1) is 21.7. The number of methoxy groups -OCH3 is 1. The maximum absolute atomic E-state index is 11.8. The summed E-state index contributed by atoms with van der Waals surface area (Å²) in [4.78, 5) is 23.2. The van der Waals surface area contributed by atoms with Gasteiger partial charge in [0, 0.05) is 30.7 Å². The van der Waals surface area contributed by atoms with Crippen LogP contribution < -0.4 is 10.5 Å². The Morgan fingerprint density at radius 1 is 1.42 bits per heavy atom. The van der Waals surface area contributed by atoms with Gasteiger partial charge in [0.2, 0.25) is 5.91 Å². The van der Waals surface area contributed by atoms with Crippen LogP contribution in [0.25, 0.3) is 11.0 Å². The quantitative estimate of drug-likeness (QED) is 0.556. The number of nitrogens with zero attached hydrogens (tertiary/aromatic N) is 4. The molecule has 0 aliphatic carbocycles. The molecular weight excluding hydrogens is 438 g/mol. The Bertz CT molecular complexity index is 1110. The summed E-state index contributed by atoms with van der Waals surface area (Å²) in [7, 11) is 1.62. The fraction of sp³-hybridized carbons (Fsp3) is 0.381. The number of amides is 1. The molecule has 10 heteroatoms. The van der Waals surface area contributed by atoms with E-state index < -0.39 is 6.61 Å². The molecule has 164 valence electrons. The highest BCUT2D eigenvalue weighted by Gasteiger charge is 2.26. The lowest BCUT2D eigenvalue weighted by atomic mass is 10.1. The molecule has 0 radical (unpaired) electrons. The van der Waals surface area contributed by atoms with Gasteiger partial charge in [-0.25, -0.2) is 9.97 Å². The van der Waals surface area contributed by atoms with Crippen LogP contribution in [0.3, 0.4) is 0 Å². The van der Waals surface area contributed by atoms with Crippen molar-refractivity contribution in [3.8, 4) is 5.75 Å². The van der Waals surface area contributed by atoms with Crippen LogP contribution >= 0.6 is 23.4 Å². The molecule has 1 atom stereocenters. The van der Waals surface area contributed by atoms with Crippen molar-refractivity contribution in [3.63, 3.8) is 0 Å². The number of likely N-dealkylation sites (tertiary alicyclic amines) is 1. The molecule has 0 saturated carbocycles. The smallest absolute Gasteiger partial charge is 0.248 e. The lowest BCUT2D eigenvalue weighted by Gasteiger charge is -2.16. The molecule has 2 aromatic heterocycles. The van der Waals surface area contributed by atoms with Crippen LogP contribution in [0, 0.1) is 5.92 Å². The number of benzene rings is 1. The molecule has 1 fully saturated rings. The average Bonchev–Trinajstić information content (AvgIpc) is 3.39. The molecule has 1 unspecified atom stereocenters. The van der Waals surface area contributed by atoms with Crippen molar-refractivity contribution in [2.45, 2.75) is 29.4 Å². The van der Waals surface area contributed by atoms with Gasteiger partial charge >= 0.3 is 0 Å². The third kappa shape index (κ3) is 4.58. The maximum atomic E-state index is 11.8. The van der Waals surface area contributed by atoms with Crippen LogP contribution in [0.2, 0.25) is 5.02 Å². The van der Waals surface area contributed by atoms with Gasteiger partial charge in [0.1, 0.15) is 17.9 Å². The highest BCUT2D eigenvalue weighted by atomic mass is 35.5. The predicted octanol–water partition coefficient (Wildman–Crippen LogP) is 3.06. The van der Waals surface area contributed by atoms with Gasteiger partial charge in [-0.2, -0.15) is 0 Å². The fourth-order valence-corrected chi connectivity index (χ4v) is 5.05. The van der Waals surface area contributed by atoms with Gasteiger partial charge in [0.25, 0.3) is 0 Å². The summed E-state index contributed by atoms with van der Waals surface area (Å²) in [5.41, 5.74) is 7.65. The van der Waals surface area contributed by atoms with E-state index in [1.165, 1.54) is 11.8 Å². The largest absolute Gasteiger partial charge is 0.497 e. The first-order valence-electron chi connectivity index (χ1n) is 10.0. The van der Waals surface area contributed by atoms with Gasteiger partial charge < -0.3 is 25.0 Å². The minimum atomic E-state index is -0.437. The molecule has 1 amide bonds. The van der Waals surface area contributed by atoms with Crippen molar-refractivity contribution in [3.05, 3.63) is 35.5 Å². The van der Waals surface area contributed by atoms with Crippen LogP contribution in [0.4, 0.5) is 5.82 Å². The van der Waals surface area contributed by atoms with Crippen LogP contribution in [-0.4, -0.2) is 57.3 Å². The highest BCUT2D eigenvalue weighted by molar-refractivity contribution is 7.99. The van der Waals surface area contributed by atoms with Crippen LogP contribution in [0.1, 0.15) is 12.8 Å². The molecule has 31 heavy (non-hydrogen) atoms. The third-order valence-electron chi connectivity index (χ3n) is 5.53. The molecule has 3 aromatic rings. The number of ether oxygens (including phenoxy) is 1. The van der Waals surface area contributed by atoms with Gasteiger partial charge in [-0.05, 0) is 54.8 Å². The van der Waals surface area contributed by atoms with E-state index >= 15 is 0 Å². The number of rotatable bonds is 7. The molecule has 1 aromatic carbocycles. The number of nitrogen functional groups attached to an aromatic ring is 1. The average molecular weight is 462 g/mol. The SMILES string of the molecule is COc1ccc(Cl)c(Sc2nc3c(N)nccc3n2CCC2CCN(C(=O)CO)C2)c1. The molecule has 0 bridgehead atoms. The molecule has 8 nitrogen and oxygen atoms in total. The molecule has 4 rings (SSSR count). The molecular formula is C21H24ClN5O3S. The second kappa shape index (κ2) is 9.33. The Morgan fingerprint density at radius 2 is 2.26 bits per heavy atom. The number of carbonyl (C=O) groups is 1. The number of aliphatic hydroxyl groups excluding tert-OH is 1. The molecule has 1 aliphatic rings. The van der Waals surface area contributed by atoms with E-state index in [1.807, 2.05) is 18.2 Å². The number of halogens is 1. The van der Waals surface area contributed by atoms with Gasteiger partial charge in [-0.3, -0.25) is 4.79 Å². The lowest BCUT2D eigenvalue weighted by molar-refractivity contribution is -0.133. The number of aryl methyl sites for hydroxylation is 1. The molecule has 3 heterocycles. The number of fused-ring (bicyclic) bond motifs is 1. The number of anilines is 1. The molecule has 3 N–H and O–H groups in total. The fourth-order valence-electron chi connectivity index (χ4n) is 3.84. The van der Waals surface area contributed by atoms with Crippen molar-refractivity contribution in [2.75, 3.05) is 32.5 Å². The number of imidazole rings is 1. The number of aromatic nitrogens is 3. The third-order valence-corrected chi connectivity index (χ3v) is 7.03. The maximum Gasteiger partial charge on any atom is 0.248 e. The highest BCUT2D eigenvalue weighted by Crippen LogP contribution is 2.37. The number of pyridine rings is 1. The van der Waals surface area contributed by atoms with E-state index in [-0.39, 0.29) is 5.91 Å². The Morgan fingerprint density at radius 3 is 3.03 bits per heavy atom. The summed E-state index contributed by atoms with van der Waals surface area (Å²) in [5.74, 6) is 1.26. The monoisotopic (exact) mass is 461 g/mol. The van der Waals surface area contributed by atoms with Crippen LogP contribution in [0.5, 0.6) is 5.75 Å². The molecule has 0 spiro atoms. The van der Waals surface area contributed by atoms with E-state index in [0.29, 0.717) is 35.4 Å². The zero-order chi connectivity index (χ0) is 22.0. The molecule has 1 aliphatic heterocycles. The summed E-state index contributed by atoms with van der Waals surface area (Å²) >= 11 is 7.87. The Kier molecular flexibility index (Phi) is 6.54. The molecule has 1 saturated heterocycles. The van der Waals surface area contributed by atoms with Crippen molar-refractivity contribution in [1.82, 2.24) is 19.4 Å². The number of carbonyl (C=O) groups excluding carboxylic acids is 1. The van der Waals surface area contributed by atoms with Gasteiger partial charge in [-0.1, -0.05) is 11.6 Å². The van der Waals surface area contributed by atoms with Gasteiger partial charge in [0.15, 0.2) is 11.0 Å². The Hall–Kier alpha value is -2.49. The van der Waals surface area contributed by atoms with Crippen molar-refractivity contribution in [2.24, 2.45) is 5.92 Å². The number of nitrogens with two attached hydrogens (primary N) is 1.